The Balaban J connectivity index is 1.93. The summed E-state index contributed by atoms with van der Waals surface area (Å²) in [6.45, 7) is -0.270. The van der Waals surface area contributed by atoms with Crippen molar-refractivity contribution in [3.8, 4) is 0 Å². The minimum atomic E-state index is -4.36. The molecule has 1 aromatic carbocycles. The van der Waals surface area contributed by atoms with E-state index in [9.17, 15) is 22.8 Å². The highest BCUT2D eigenvalue weighted by atomic mass is 35.5. The molecule has 2 heterocycles. The molecule has 8 heteroatoms. The summed E-state index contributed by atoms with van der Waals surface area (Å²) in [6, 6.07) is 5.86. The number of nitrogens with zero attached hydrogens (tertiary/aromatic N) is 1. The third-order valence-corrected chi connectivity index (χ3v) is 4.33. The quantitative estimate of drug-likeness (QED) is 0.726. The second-order valence-electron chi connectivity index (χ2n) is 5.76. The van der Waals surface area contributed by atoms with Crippen molar-refractivity contribution in [1.29, 1.82) is 0 Å². The minimum Gasteiger partial charge on any atom is -0.422 e. The molecule has 0 spiro atoms. The third kappa shape index (κ3) is 3.26. The van der Waals surface area contributed by atoms with Crippen molar-refractivity contribution < 1.29 is 22.4 Å². The highest BCUT2D eigenvalue weighted by Crippen LogP contribution is 2.33. The number of carbonyl (C=O) groups excluding carboxylic acids is 1. The summed E-state index contributed by atoms with van der Waals surface area (Å²) in [4.78, 5) is 25.6. The molecule has 1 unspecified atom stereocenters. The number of amides is 1. The largest absolute Gasteiger partial charge is 0.422 e. The van der Waals surface area contributed by atoms with E-state index in [1.165, 1.54) is 24.3 Å². The number of halogens is 4. The fourth-order valence-corrected chi connectivity index (χ4v) is 3.02. The average Bonchev–Trinajstić information content (AvgIpc) is 2.53. The molecular weight excluding hydrogens is 347 g/mol. The lowest BCUT2D eigenvalue weighted by Gasteiger charge is -2.33. The zero-order valence-corrected chi connectivity index (χ0v) is 13.2. The van der Waals surface area contributed by atoms with Crippen LogP contribution in [0.25, 0.3) is 11.0 Å². The van der Waals surface area contributed by atoms with Crippen molar-refractivity contribution in [2.24, 2.45) is 5.92 Å². The van der Waals surface area contributed by atoms with Gasteiger partial charge in [-0.3, -0.25) is 4.79 Å². The van der Waals surface area contributed by atoms with E-state index in [0.717, 1.165) is 4.90 Å². The van der Waals surface area contributed by atoms with Crippen LogP contribution in [-0.4, -0.2) is 30.1 Å². The first-order chi connectivity index (χ1) is 11.3. The number of fused-ring (bicyclic) bond motifs is 1. The van der Waals surface area contributed by atoms with Crippen molar-refractivity contribution in [2.75, 3.05) is 13.1 Å². The van der Waals surface area contributed by atoms with E-state index in [0.29, 0.717) is 10.4 Å². The van der Waals surface area contributed by atoms with E-state index < -0.39 is 30.2 Å². The van der Waals surface area contributed by atoms with Gasteiger partial charge in [0.1, 0.15) is 11.1 Å². The fourth-order valence-electron chi connectivity index (χ4n) is 2.84. The molecule has 0 bridgehead atoms. The predicted molar refractivity (Wildman–Crippen MR) is 82.2 cm³/mol. The molecule has 4 nitrogen and oxygen atoms in total. The van der Waals surface area contributed by atoms with Gasteiger partial charge in [-0.1, -0.05) is 11.6 Å². The molecule has 0 saturated carbocycles. The number of benzene rings is 1. The maximum Gasteiger partial charge on any atom is 0.393 e. The van der Waals surface area contributed by atoms with Crippen LogP contribution in [0.5, 0.6) is 0 Å². The van der Waals surface area contributed by atoms with E-state index in [-0.39, 0.29) is 30.5 Å². The van der Waals surface area contributed by atoms with E-state index in [4.69, 9.17) is 16.0 Å². The molecule has 1 aliphatic rings. The van der Waals surface area contributed by atoms with Gasteiger partial charge in [-0.25, -0.2) is 4.79 Å². The highest BCUT2D eigenvalue weighted by Gasteiger charge is 2.43. The van der Waals surface area contributed by atoms with Gasteiger partial charge in [0.05, 0.1) is 5.92 Å². The first-order valence-electron chi connectivity index (χ1n) is 7.35. The van der Waals surface area contributed by atoms with E-state index in [1.807, 2.05) is 0 Å². The van der Waals surface area contributed by atoms with Crippen LogP contribution < -0.4 is 5.63 Å². The van der Waals surface area contributed by atoms with Gasteiger partial charge in [0, 0.05) is 23.5 Å². The molecule has 1 aliphatic heterocycles. The van der Waals surface area contributed by atoms with Gasteiger partial charge < -0.3 is 9.32 Å². The van der Waals surface area contributed by atoms with Gasteiger partial charge in [-0.05, 0) is 37.1 Å². The molecule has 128 valence electrons. The molecular formula is C16H13ClF3NO3. The zero-order valence-electron chi connectivity index (χ0n) is 12.4. The van der Waals surface area contributed by atoms with Crippen LogP contribution in [-0.2, 0) is 0 Å². The number of piperidine rings is 1. The lowest BCUT2D eigenvalue weighted by Crippen LogP contribution is -2.45. The van der Waals surface area contributed by atoms with Gasteiger partial charge >= 0.3 is 11.8 Å². The molecule has 2 aromatic rings. The van der Waals surface area contributed by atoms with Crippen molar-refractivity contribution in [3.05, 3.63) is 45.3 Å². The Bertz CT molecular complexity index is 847. The second kappa shape index (κ2) is 6.12. The second-order valence-corrected chi connectivity index (χ2v) is 6.20. The Morgan fingerprint density at radius 1 is 1.29 bits per heavy atom. The zero-order chi connectivity index (χ0) is 17.5. The Morgan fingerprint density at radius 2 is 2.04 bits per heavy atom. The molecule has 0 aliphatic carbocycles. The van der Waals surface area contributed by atoms with Gasteiger partial charge in [-0.2, -0.15) is 13.2 Å². The van der Waals surface area contributed by atoms with E-state index in [1.54, 1.807) is 0 Å². The Kier molecular flexibility index (Phi) is 4.29. The monoisotopic (exact) mass is 359 g/mol. The van der Waals surface area contributed by atoms with Crippen LogP contribution in [0.15, 0.2) is 33.5 Å². The summed E-state index contributed by atoms with van der Waals surface area (Å²) in [7, 11) is 0. The van der Waals surface area contributed by atoms with E-state index in [2.05, 4.69) is 0 Å². The van der Waals surface area contributed by atoms with Crippen LogP contribution in [0.2, 0.25) is 5.02 Å². The third-order valence-electron chi connectivity index (χ3n) is 4.10. The number of likely N-dealkylation sites (tertiary alicyclic amines) is 1. The number of carbonyl (C=O) groups is 1. The summed E-state index contributed by atoms with van der Waals surface area (Å²) in [5.41, 5.74) is -0.899. The number of hydrogen-bond donors (Lipinski definition) is 0. The Labute approximate surface area is 139 Å². The summed E-state index contributed by atoms with van der Waals surface area (Å²) in [5, 5.41) is 0.833. The Morgan fingerprint density at radius 3 is 2.75 bits per heavy atom. The predicted octanol–water partition coefficient (Wildman–Crippen LogP) is 3.86. The van der Waals surface area contributed by atoms with Crippen LogP contribution in [0, 0.1) is 5.92 Å². The molecule has 24 heavy (non-hydrogen) atoms. The maximum absolute atomic E-state index is 12.9. The average molecular weight is 360 g/mol. The lowest BCUT2D eigenvalue weighted by atomic mass is 9.97. The standard InChI is InChI=1S/C16H13ClF3NO3/c17-11-3-4-13-9(6-11)7-12(15(23)24-13)14(22)21-5-1-2-10(8-21)16(18,19)20/h3-4,6-7,10H,1-2,5,8H2. The van der Waals surface area contributed by atoms with Crippen LogP contribution in [0.4, 0.5) is 13.2 Å². The molecule has 1 amide bonds. The first kappa shape index (κ1) is 16.8. The van der Waals surface area contributed by atoms with Crippen molar-refractivity contribution in [2.45, 2.75) is 19.0 Å². The SMILES string of the molecule is O=C(c1cc2cc(Cl)ccc2oc1=O)N1CCCC(C(F)(F)F)C1. The molecule has 1 saturated heterocycles. The molecule has 3 rings (SSSR count). The smallest absolute Gasteiger partial charge is 0.393 e. The Hall–Kier alpha value is -2.02. The van der Waals surface area contributed by atoms with Gasteiger partial charge in [0.15, 0.2) is 0 Å². The lowest BCUT2D eigenvalue weighted by molar-refractivity contribution is -0.184. The number of hydrogen-bond acceptors (Lipinski definition) is 3. The van der Waals surface area contributed by atoms with Gasteiger partial charge in [0.2, 0.25) is 0 Å². The number of alkyl halides is 3. The van der Waals surface area contributed by atoms with Gasteiger partial charge in [-0.15, -0.1) is 0 Å². The maximum atomic E-state index is 12.9. The normalized spacial score (nSPS) is 18.8. The van der Waals surface area contributed by atoms with E-state index >= 15 is 0 Å². The van der Waals surface area contributed by atoms with Crippen LogP contribution >= 0.6 is 11.6 Å². The minimum absolute atomic E-state index is 0.0186. The molecule has 0 radical (unpaired) electrons. The fraction of sp³-hybridized carbons (Fsp3) is 0.375. The molecule has 0 N–H and O–H groups in total. The van der Waals surface area contributed by atoms with Crippen molar-refractivity contribution >= 4 is 28.5 Å². The summed E-state index contributed by atoms with van der Waals surface area (Å²) in [5.74, 6) is -2.32. The van der Waals surface area contributed by atoms with Gasteiger partial charge in [0.25, 0.3) is 5.91 Å². The molecule has 1 aromatic heterocycles. The van der Waals surface area contributed by atoms with Crippen molar-refractivity contribution in [1.82, 2.24) is 4.90 Å². The van der Waals surface area contributed by atoms with Crippen molar-refractivity contribution in [3.63, 3.8) is 0 Å². The summed E-state index contributed by atoms with van der Waals surface area (Å²) >= 11 is 5.87. The topological polar surface area (TPSA) is 50.5 Å². The number of rotatable bonds is 1. The van der Waals surface area contributed by atoms with Crippen LogP contribution in [0.3, 0.4) is 0 Å². The summed E-state index contributed by atoms with van der Waals surface area (Å²) < 4.78 is 43.7. The molecule has 1 atom stereocenters. The first-order valence-corrected chi connectivity index (χ1v) is 7.73. The van der Waals surface area contributed by atoms with Crippen LogP contribution in [0.1, 0.15) is 23.2 Å². The summed E-state index contributed by atoms with van der Waals surface area (Å²) in [6.07, 6.45) is -4.14. The molecule has 1 fully saturated rings. The highest BCUT2D eigenvalue weighted by molar-refractivity contribution is 6.31.